The van der Waals surface area contributed by atoms with E-state index >= 15 is 0 Å². The molecule has 2 fully saturated rings. The van der Waals surface area contributed by atoms with Gasteiger partial charge >= 0.3 is 0 Å². The van der Waals surface area contributed by atoms with Crippen molar-refractivity contribution in [1.29, 1.82) is 0 Å². The minimum atomic E-state index is 0.173. The molecule has 0 bridgehead atoms. The molecule has 3 heterocycles. The van der Waals surface area contributed by atoms with E-state index in [2.05, 4.69) is 42.5 Å². The van der Waals surface area contributed by atoms with Crippen molar-refractivity contribution in [3.05, 3.63) is 42.4 Å². The molecule has 8 nitrogen and oxygen atoms in total. The molecule has 0 amide bonds. The predicted octanol–water partition coefficient (Wildman–Crippen LogP) is 3.37. The summed E-state index contributed by atoms with van der Waals surface area (Å²) in [5, 5.41) is 11.9. The van der Waals surface area contributed by atoms with E-state index in [9.17, 15) is 0 Å². The van der Waals surface area contributed by atoms with Crippen molar-refractivity contribution in [2.45, 2.75) is 44.8 Å². The van der Waals surface area contributed by atoms with Crippen molar-refractivity contribution in [2.24, 2.45) is 0 Å². The van der Waals surface area contributed by atoms with Crippen LogP contribution in [0.5, 0.6) is 5.75 Å². The summed E-state index contributed by atoms with van der Waals surface area (Å²) in [6.45, 7) is 5.20. The molecule has 0 spiro atoms. The Kier molecular flexibility index (Phi) is 5.80. The van der Waals surface area contributed by atoms with Gasteiger partial charge in [-0.1, -0.05) is 0 Å². The monoisotopic (exact) mass is 420 g/mol. The lowest BCUT2D eigenvalue weighted by molar-refractivity contribution is 0.122. The summed E-state index contributed by atoms with van der Waals surface area (Å²) < 4.78 is 12.0. The molecule has 1 aromatic carbocycles. The smallest absolute Gasteiger partial charge is 0.149 e. The number of fused-ring (bicyclic) bond motifs is 1. The maximum atomic E-state index is 6.50. The Balaban J connectivity index is 1.27. The molecule has 162 valence electrons. The van der Waals surface area contributed by atoms with Crippen molar-refractivity contribution in [3.8, 4) is 5.75 Å². The maximum Gasteiger partial charge on any atom is 0.149 e. The second kappa shape index (κ2) is 9.01. The van der Waals surface area contributed by atoms with Crippen LogP contribution in [0, 0.1) is 6.92 Å². The Morgan fingerprint density at radius 1 is 1.00 bits per heavy atom. The fraction of sp³-hybridized carbons (Fsp3) is 0.478. The van der Waals surface area contributed by atoms with E-state index in [1.807, 2.05) is 19.1 Å². The second-order valence-corrected chi connectivity index (χ2v) is 8.26. The van der Waals surface area contributed by atoms with Gasteiger partial charge in [-0.05, 0) is 50.8 Å². The zero-order valence-electron chi connectivity index (χ0n) is 17.8. The van der Waals surface area contributed by atoms with Crippen molar-refractivity contribution < 1.29 is 9.47 Å². The fourth-order valence-corrected chi connectivity index (χ4v) is 4.31. The number of aryl methyl sites for hydroxylation is 1. The van der Waals surface area contributed by atoms with Gasteiger partial charge in [-0.15, -0.1) is 5.10 Å². The van der Waals surface area contributed by atoms with Gasteiger partial charge in [0.2, 0.25) is 0 Å². The molecule has 0 atom stereocenters. The quantitative estimate of drug-likeness (QED) is 0.673. The molecule has 3 aromatic rings. The van der Waals surface area contributed by atoms with Crippen molar-refractivity contribution in [3.63, 3.8) is 0 Å². The lowest BCUT2D eigenvalue weighted by atomic mass is 9.93. The van der Waals surface area contributed by atoms with E-state index < -0.39 is 0 Å². The second-order valence-electron chi connectivity index (χ2n) is 8.26. The first kappa shape index (κ1) is 19.9. The first-order valence-electron chi connectivity index (χ1n) is 11.1. The zero-order chi connectivity index (χ0) is 21.0. The Hall–Kier alpha value is -3.00. The van der Waals surface area contributed by atoms with E-state index in [0.29, 0.717) is 6.04 Å². The van der Waals surface area contributed by atoms with Crippen LogP contribution in [-0.2, 0) is 4.74 Å². The summed E-state index contributed by atoms with van der Waals surface area (Å²) >= 11 is 0. The predicted molar refractivity (Wildman–Crippen MR) is 120 cm³/mol. The molecule has 0 radical (unpaired) electrons. The highest BCUT2D eigenvalue weighted by atomic mass is 16.5. The number of nitrogens with one attached hydrogen (secondary N) is 1. The van der Waals surface area contributed by atoms with Crippen LogP contribution in [0.1, 0.15) is 31.4 Å². The van der Waals surface area contributed by atoms with Gasteiger partial charge in [0.1, 0.15) is 17.1 Å². The Bertz CT molecular complexity index is 1010. The number of morpholine rings is 1. The summed E-state index contributed by atoms with van der Waals surface area (Å²) in [5.41, 5.74) is 3.75. The van der Waals surface area contributed by atoms with Crippen LogP contribution in [-0.4, -0.2) is 58.6 Å². The minimum absolute atomic E-state index is 0.173. The molecule has 1 saturated carbocycles. The maximum absolute atomic E-state index is 6.50. The number of aromatic nitrogens is 4. The lowest BCUT2D eigenvalue weighted by Crippen LogP contribution is -2.36. The van der Waals surface area contributed by atoms with Crippen LogP contribution in [0.15, 0.2) is 36.7 Å². The number of anilines is 2. The van der Waals surface area contributed by atoms with Gasteiger partial charge in [0.25, 0.3) is 0 Å². The van der Waals surface area contributed by atoms with Gasteiger partial charge < -0.3 is 19.7 Å². The number of rotatable bonds is 5. The lowest BCUT2D eigenvalue weighted by Gasteiger charge is -2.31. The SMILES string of the molecule is Cc1ccc(N[C@H]2CC[C@@H](Oc3cc(N4CCOCC4)cc4nccnc34)CC2)nn1. The van der Waals surface area contributed by atoms with Gasteiger partial charge in [-0.25, -0.2) is 4.98 Å². The molecule has 1 aliphatic carbocycles. The molecule has 2 aliphatic rings. The topological polar surface area (TPSA) is 85.3 Å². The third kappa shape index (κ3) is 4.69. The average molecular weight is 421 g/mol. The normalized spacial score (nSPS) is 21.8. The highest BCUT2D eigenvalue weighted by molar-refractivity contribution is 5.85. The summed E-state index contributed by atoms with van der Waals surface area (Å²) in [4.78, 5) is 11.4. The Morgan fingerprint density at radius 3 is 2.58 bits per heavy atom. The van der Waals surface area contributed by atoms with E-state index in [1.165, 1.54) is 0 Å². The standard InChI is InChI=1S/C23H28N6O2/c1-16-2-7-22(28-27-16)26-17-3-5-19(6-4-17)31-21-15-18(29-10-12-30-13-11-29)14-20-23(21)25-9-8-24-20/h2,7-9,14-15,17,19H,3-6,10-13H2,1H3,(H,26,28)/t17-,19+. The van der Waals surface area contributed by atoms with Crippen LogP contribution in [0.4, 0.5) is 11.5 Å². The first-order valence-corrected chi connectivity index (χ1v) is 11.1. The van der Waals surface area contributed by atoms with Gasteiger partial charge in [-0.2, -0.15) is 5.10 Å². The number of hydrogen-bond acceptors (Lipinski definition) is 8. The molecule has 0 unspecified atom stereocenters. The van der Waals surface area contributed by atoms with Gasteiger partial charge in [0.05, 0.1) is 30.5 Å². The average Bonchev–Trinajstić information content (AvgIpc) is 2.82. The fourth-order valence-electron chi connectivity index (χ4n) is 4.31. The van der Waals surface area contributed by atoms with E-state index in [0.717, 1.165) is 86.0 Å². The van der Waals surface area contributed by atoms with Gasteiger partial charge in [-0.3, -0.25) is 4.98 Å². The largest absolute Gasteiger partial charge is 0.488 e. The van der Waals surface area contributed by atoms with E-state index in [-0.39, 0.29) is 6.10 Å². The molecule has 8 heteroatoms. The molecule has 2 aromatic heterocycles. The highest BCUT2D eigenvalue weighted by Gasteiger charge is 2.24. The molecule has 1 saturated heterocycles. The summed E-state index contributed by atoms with van der Waals surface area (Å²) in [7, 11) is 0. The molecule has 1 N–H and O–H groups in total. The van der Waals surface area contributed by atoms with Crippen molar-refractivity contribution in [2.75, 3.05) is 36.5 Å². The number of hydrogen-bond donors (Lipinski definition) is 1. The minimum Gasteiger partial charge on any atom is -0.488 e. The highest BCUT2D eigenvalue weighted by Crippen LogP contribution is 2.33. The van der Waals surface area contributed by atoms with Crippen LogP contribution < -0.4 is 15.0 Å². The molecule has 1 aliphatic heterocycles. The Morgan fingerprint density at radius 2 is 1.81 bits per heavy atom. The van der Waals surface area contributed by atoms with E-state index in [4.69, 9.17) is 9.47 Å². The first-order chi connectivity index (χ1) is 15.2. The Labute approximate surface area is 182 Å². The summed E-state index contributed by atoms with van der Waals surface area (Å²) in [5.74, 6) is 1.67. The molecule has 31 heavy (non-hydrogen) atoms. The van der Waals surface area contributed by atoms with Gasteiger partial charge in [0, 0.05) is 43.3 Å². The van der Waals surface area contributed by atoms with Gasteiger partial charge in [0.15, 0.2) is 0 Å². The molecule has 5 rings (SSSR count). The zero-order valence-corrected chi connectivity index (χ0v) is 17.8. The number of nitrogens with zero attached hydrogens (tertiary/aromatic N) is 5. The number of benzene rings is 1. The van der Waals surface area contributed by atoms with Crippen molar-refractivity contribution >= 4 is 22.5 Å². The van der Waals surface area contributed by atoms with Crippen LogP contribution in [0.3, 0.4) is 0 Å². The van der Waals surface area contributed by atoms with Crippen LogP contribution >= 0.6 is 0 Å². The van der Waals surface area contributed by atoms with Crippen molar-refractivity contribution in [1.82, 2.24) is 20.2 Å². The third-order valence-corrected chi connectivity index (χ3v) is 6.02. The number of ether oxygens (including phenoxy) is 2. The van der Waals surface area contributed by atoms with Crippen LogP contribution in [0.25, 0.3) is 11.0 Å². The van der Waals surface area contributed by atoms with Crippen LogP contribution in [0.2, 0.25) is 0 Å². The molecular weight excluding hydrogens is 392 g/mol. The third-order valence-electron chi connectivity index (χ3n) is 6.02. The summed E-state index contributed by atoms with van der Waals surface area (Å²) in [6.07, 6.45) is 7.68. The van der Waals surface area contributed by atoms with E-state index in [1.54, 1.807) is 12.4 Å². The molecular formula is C23H28N6O2. The summed E-state index contributed by atoms with van der Waals surface area (Å²) in [6, 6.07) is 8.59.